The summed E-state index contributed by atoms with van der Waals surface area (Å²) >= 11 is 0. The van der Waals surface area contributed by atoms with Crippen molar-refractivity contribution >= 4 is 11.9 Å². The lowest BCUT2D eigenvalue weighted by atomic mass is 9.85. The maximum Gasteiger partial charge on any atom is 0.327 e. The molecule has 0 saturated carbocycles. The first-order chi connectivity index (χ1) is 15.6. The fourth-order valence-electron chi connectivity index (χ4n) is 4.96. The topological polar surface area (TPSA) is 66.0 Å². The number of piperidine rings is 1. The number of carbonyl (C=O) groups excluding carboxylic acids is 2. The van der Waals surface area contributed by atoms with E-state index in [1.807, 2.05) is 42.3 Å². The minimum atomic E-state index is -0.684. The van der Waals surface area contributed by atoms with Crippen LogP contribution < -0.4 is 4.74 Å². The smallest absolute Gasteiger partial charge is 0.327 e. The minimum Gasteiger partial charge on any atom is -0.497 e. The first kappa shape index (κ1) is 22.3. The van der Waals surface area contributed by atoms with Crippen LogP contribution in [0.1, 0.15) is 37.3 Å². The van der Waals surface area contributed by atoms with Crippen molar-refractivity contribution in [1.29, 1.82) is 0 Å². The van der Waals surface area contributed by atoms with Crippen molar-refractivity contribution < 1.29 is 14.3 Å². The molecule has 0 radical (unpaired) electrons. The molecule has 7 heteroatoms. The molecule has 2 fully saturated rings. The number of pyridine rings is 1. The summed E-state index contributed by atoms with van der Waals surface area (Å²) in [6.45, 7) is 5.41. The Morgan fingerprint density at radius 3 is 2.44 bits per heavy atom. The lowest BCUT2D eigenvalue weighted by molar-refractivity contribution is -0.135. The maximum atomic E-state index is 13.5. The van der Waals surface area contributed by atoms with Gasteiger partial charge in [-0.3, -0.25) is 19.6 Å². The number of rotatable bonds is 8. The highest BCUT2D eigenvalue weighted by Gasteiger charge is 2.57. The summed E-state index contributed by atoms with van der Waals surface area (Å²) in [5, 5.41) is 0. The lowest BCUT2D eigenvalue weighted by Gasteiger charge is -2.42. The highest BCUT2D eigenvalue weighted by Crippen LogP contribution is 2.37. The summed E-state index contributed by atoms with van der Waals surface area (Å²) in [6, 6.07) is 11.9. The highest BCUT2D eigenvalue weighted by atomic mass is 16.5. The molecular formula is C25H32N4O3. The average Bonchev–Trinajstić information content (AvgIpc) is 3.02. The van der Waals surface area contributed by atoms with Gasteiger partial charge in [0.25, 0.3) is 5.91 Å². The molecule has 0 atom stereocenters. The van der Waals surface area contributed by atoms with Crippen molar-refractivity contribution in [3.8, 4) is 5.75 Å². The number of hydrogen-bond donors (Lipinski definition) is 0. The number of methoxy groups -OCH3 is 1. The SMILES string of the molecule is CCN1C(=O)N(CCCc2cccnc2)C(=O)C12CCN(Cc1ccc(OC)cc1)CC2. The molecule has 7 nitrogen and oxygen atoms in total. The maximum absolute atomic E-state index is 13.5. The number of urea groups is 1. The molecule has 2 saturated heterocycles. The largest absolute Gasteiger partial charge is 0.497 e. The normalized spacial score (nSPS) is 18.6. The van der Waals surface area contributed by atoms with Gasteiger partial charge < -0.3 is 9.64 Å². The monoisotopic (exact) mass is 436 g/mol. The summed E-state index contributed by atoms with van der Waals surface area (Å²) in [5.41, 5.74) is 1.66. The molecule has 2 aromatic rings. The molecule has 32 heavy (non-hydrogen) atoms. The Bertz CT molecular complexity index is 924. The van der Waals surface area contributed by atoms with Crippen molar-refractivity contribution in [3.63, 3.8) is 0 Å². The third kappa shape index (κ3) is 4.35. The quantitative estimate of drug-likeness (QED) is 0.594. The van der Waals surface area contributed by atoms with E-state index in [9.17, 15) is 9.59 Å². The summed E-state index contributed by atoms with van der Waals surface area (Å²) in [5.74, 6) is 0.836. The predicted octanol–water partition coefficient (Wildman–Crippen LogP) is 3.34. The van der Waals surface area contributed by atoms with Gasteiger partial charge in [0.05, 0.1) is 7.11 Å². The second kappa shape index (κ2) is 9.69. The van der Waals surface area contributed by atoms with Gasteiger partial charge in [0.2, 0.25) is 0 Å². The second-order valence-electron chi connectivity index (χ2n) is 8.60. The third-order valence-electron chi connectivity index (χ3n) is 6.76. The molecule has 1 spiro atoms. The summed E-state index contributed by atoms with van der Waals surface area (Å²) in [4.78, 5) is 36.3. The van der Waals surface area contributed by atoms with E-state index in [-0.39, 0.29) is 11.9 Å². The first-order valence-electron chi connectivity index (χ1n) is 11.4. The van der Waals surface area contributed by atoms with Crippen molar-refractivity contribution in [2.75, 3.05) is 33.3 Å². The van der Waals surface area contributed by atoms with Crippen LogP contribution in [0.4, 0.5) is 4.79 Å². The van der Waals surface area contributed by atoms with Gasteiger partial charge in [-0.1, -0.05) is 18.2 Å². The van der Waals surface area contributed by atoms with Crippen LogP contribution in [0, 0.1) is 0 Å². The zero-order valence-electron chi connectivity index (χ0n) is 19.0. The van der Waals surface area contributed by atoms with Gasteiger partial charge in [-0.15, -0.1) is 0 Å². The zero-order valence-corrected chi connectivity index (χ0v) is 19.0. The summed E-state index contributed by atoms with van der Waals surface area (Å²) < 4.78 is 5.24. The average molecular weight is 437 g/mol. The fourth-order valence-corrected chi connectivity index (χ4v) is 4.96. The number of likely N-dealkylation sites (tertiary alicyclic amines) is 1. The molecule has 2 aliphatic rings. The van der Waals surface area contributed by atoms with Gasteiger partial charge in [-0.25, -0.2) is 4.79 Å². The van der Waals surface area contributed by atoms with E-state index in [4.69, 9.17) is 4.74 Å². The van der Waals surface area contributed by atoms with Crippen LogP contribution in [0.15, 0.2) is 48.8 Å². The van der Waals surface area contributed by atoms with Gasteiger partial charge in [0.15, 0.2) is 0 Å². The van der Waals surface area contributed by atoms with Crippen molar-refractivity contribution in [3.05, 3.63) is 59.9 Å². The number of imide groups is 1. The zero-order chi connectivity index (χ0) is 22.6. The van der Waals surface area contributed by atoms with Crippen LogP contribution in [0.5, 0.6) is 5.75 Å². The molecule has 3 amide bonds. The van der Waals surface area contributed by atoms with Crippen molar-refractivity contribution in [2.24, 2.45) is 0 Å². The summed E-state index contributed by atoms with van der Waals surface area (Å²) in [7, 11) is 1.67. The molecular weight excluding hydrogens is 404 g/mol. The number of aromatic nitrogens is 1. The Hall–Kier alpha value is -2.93. The van der Waals surface area contributed by atoms with E-state index in [1.54, 1.807) is 13.3 Å². The molecule has 0 N–H and O–H groups in total. The number of amides is 3. The van der Waals surface area contributed by atoms with Gasteiger partial charge >= 0.3 is 6.03 Å². The number of carbonyl (C=O) groups is 2. The molecule has 0 aliphatic carbocycles. The molecule has 4 rings (SSSR count). The number of benzene rings is 1. The van der Waals surface area contributed by atoms with Gasteiger partial charge in [-0.05, 0) is 61.9 Å². The molecule has 0 unspecified atom stereocenters. The van der Waals surface area contributed by atoms with Gasteiger partial charge in [0, 0.05) is 45.1 Å². The molecule has 0 bridgehead atoms. The van der Waals surface area contributed by atoms with Crippen LogP contribution in [-0.4, -0.2) is 70.4 Å². The van der Waals surface area contributed by atoms with E-state index in [0.29, 0.717) is 25.9 Å². The molecule has 3 heterocycles. The Morgan fingerprint density at radius 2 is 1.81 bits per heavy atom. The van der Waals surface area contributed by atoms with E-state index >= 15 is 0 Å². The molecule has 1 aromatic heterocycles. The van der Waals surface area contributed by atoms with Crippen LogP contribution in [-0.2, 0) is 17.8 Å². The van der Waals surface area contributed by atoms with Crippen LogP contribution >= 0.6 is 0 Å². The highest BCUT2D eigenvalue weighted by molar-refractivity contribution is 6.07. The number of hydrogen-bond acceptors (Lipinski definition) is 5. The summed E-state index contributed by atoms with van der Waals surface area (Å²) in [6.07, 6.45) is 6.51. The molecule has 2 aliphatic heterocycles. The van der Waals surface area contributed by atoms with Gasteiger partial charge in [-0.2, -0.15) is 0 Å². The Labute approximate surface area is 190 Å². The van der Waals surface area contributed by atoms with Crippen molar-refractivity contribution in [2.45, 2.75) is 44.7 Å². The number of likely N-dealkylation sites (N-methyl/N-ethyl adjacent to an activating group) is 1. The standard InChI is InChI=1S/C25H32N4O3/c1-3-29-24(31)28(15-5-7-20-6-4-14-26-18-20)23(30)25(29)12-16-27(17-13-25)19-21-8-10-22(32-2)11-9-21/h4,6,8-11,14,18H,3,5,7,12-13,15-17,19H2,1-2H3. The molecule has 170 valence electrons. The van der Waals surface area contributed by atoms with Crippen LogP contribution in [0.25, 0.3) is 0 Å². The fraction of sp³-hybridized carbons (Fsp3) is 0.480. The minimum absolute atomic E-state index is 0.0142. The van der Waals surface area contributed by atoms with Crippen LogP contribution in [0.3, 0.4) is 0 Å². The molecule has 1 aromatic carbocycles. The number of aryl methyl sites for hydroxylation is 1. The van der Waals surface area contributed by atoms with E-state index in [1.165, 1.54) is 10.5 Å². The number of ether oxygens (including phenoxy) is 1. The van der Waals surface area contributed by atoms with E-state index < -0.39 is 5.54 Å². The van der Waals surface area contributed by atoms with Crippen LogP contribution in [0.2, 0.25) is 0 Å². The third-order valence-corrected chi connectivity index (χ3v) is 6.76. The second-order valence-corrected chi connectivity index (χ2v) is 8.60. The Balaban J connectivity index is 1.37. The van der Waals surface area contributed by atoms with Crippen molar-refractivity contribution in [1.82, 2.24) is 19.7 Å². The number of nitrogens with zero attached hydrogens (tertiary/aromatic N) is 4. The first-order valence-corrected chi connectivity index (χ1v) is 11.4. The predicted molar refractivity (Wildman–Crippen MR) is 122 cm³/mol. The lowest BCUT2D eigenvalue weighted by Crippen LogP contribution is -2.56. The van der Waals surface area contributed by atoms with E-state index in [0.717, 1.165) is 43.8 Å². The van der Waals surface area contributed by atoms with Gasteiger partial charge in [0.1, 0.15) is 11.3 Å². The Kier molecular flexibility index (Phi) is 6.74. The van der Waals surface area contributed by atoms with E-state index in [2.05, 4.69) is 22.0 Å². The Morgan fingerprint density at radius 1 is 1.06 bits per heavy atom.